The van der Waals surface area contributed by atoms with E-state index in [1.165, 1.54) is 5.56 Å². The molecule has 0 aliphatic heterocycles. The van der Waals surface area contributed by atoms with Gasteiger partial charge in [0.05, 0.1) is 18.4 Å². The summed E-state index contributed by atoms with van der Waals surface area (Å²) in [5, 5.41) is 7.87. The van der Waals surface area contributed by atoms with Gasteiger partial charge >= 0.3 is 0 Å². The summed E-state index contributed by atoms with van der Waals surface area (Å²) in [6, 6.07) is 10.2. The Morgan fingerprint density at radius 2 is 2.06 bits per heavy atom. The normalized spacial score (nSPS) is 11.1. The van der Waals surface area contributed by atoms with Crippen molar-refractivity contribution in [2.24, 2.45) is 5.73 Å². The second kappa shape index (κ2) is 5.23. The van der Waals surface area contributed by atoms with Crippen molar-refractivity contribution in [3.8, 4) is 0 Å². The first-order valence-corrected chi connectivity index (χ1v) is 5.19. The second-order valence-electron chi connectivity index (χ2n) is 3.45. The molecule has 1 aromatic carbocycles. The van der Waals surface area contributed by atoms with E-state index in [4.69, 9.17) is 5.73 Å². The van der Waals surface area contributed by atoms with Gasteiger partial charge in [-0.3, -0.25) is 0 Å². The number of aromatic nitrogens is 3. The van der Waals surface area contributed by atoms with Crippen molar-refractivity contribution in [1.29, 1.82) is 0 Å². The molecule has 0 atom stereocenters. The van der Waals surface area contributed by atoms with E-state index in [1.54, 1.807) is 4.68 Å². The van der Waals surface area contributed by atoms with Crippen molar-refractivity contribution < 1.29 is 0 Å². The summed E-state index contributed by atoms with van der Waals surface area (Å²) in [4.78, 5) is 0. The SMILES string of the molecule is NCc1cn(C/C=C/c2ccccc2)nn1. The highest BCUT2D eigenvalue weighted by Gasteiger charge is 1.95. The second-order valence-corrected chi connectivity index (χ2v) is 3.45. The minimum atomic E-state index is 0.433. The molecule has 0 bridgehead atoms. The Kier molecular flexibility index (Phi) is 3.46. The molecule has 4 nitrogen and oxygen atoms in total. The quantitative estimate of drug-likeness (QED) is 0.838. The lowest BCUT2D eigenvalue weighted by Gasteiger charge is -1.93. The third kappa shape index (κ3) is 2.77. The monoisotopic (exact) mass is 214 g/mol. The van der Waals surface area contributed by atoms with E-state index in [0.717, 1.165) is 5.69 Å². The topological polar surface area (TPSA) is 56.7 Å². The van der Waals surface area contributed by atoms with Crippen LogP contribution in [0.4, 0.5) is 0 Å². The molecule has 2 rings (SSSR count). The van der Waals surface area contributed by atoms with E-state index in [0.29, 0.717) is 13.1 Å². The number of allylic oxidation sites excluding steroid dienone is 1. The van der Waals surface area contributed by atoms with Crippen LogP contribution in [-0.2, 0) is 13.1 Å². The van der Waals surface area contributed by atoms with Gasteiger partial charge in [0.15, 0.2) is 0 Å². The number of nitrogens with two attached hydrogens (primary N) is 1. The maximum atomic E-state index is 5.45. The number of hydrogen-bond acceptors (Lipinski definition) is 3. The summed E-state index contributed by atoms with van der Waals surface area (Å²) in [7, 11) is 0. The van der Waals surface area contributed by atoms with Gasteiger partial charge in [-0.25, -0.2) is 4.68 Å². The van der Waals surface area contributed by atoms with E-state index < -0.39 is 0 Å². The molecule has 0 amide bonds. The molecule has 82 valence electrons. The zero-order chi connectivity index (χ0) is 11.2. The van der Waals surface area contributed by atoms with Gasteiger partial charge in [0, 0.05) is 6.54 Å². The predicted octanol–water partition coefficient (Wildman–Crippen LogP) is 1.45. The average molecular weight is 214 g/mol. The fourth-order valence-corrected chi connectivity index (χ4v) is 1.38. The molecule has 16 heavy (non-hydrogen) atoms. The van der Waals surface area contributed by atoms with E-state index >= 15 is 0 Å². The third-order valence-corrected chi connectivity index (χ3v) is 2.20. The molecular weight excluding hydrogens is 200 g/mol. The molecule has 0 unspecified atom stereocenters. The van der Waals surface area contributed by atoms with Crippen molar-refractivity contribution in [1.82, 2.24) is 15.0 Å². The van der Waals surface area contributed by atoms with E-state index in [9.17, 15) is 0 Å². The molecular formula is C12H14N4. The Hall–Kier alpha value is -1.94. The molecule has 2 aromatic rings. The minimum absolute atomic E-state index is 0.433. The van der Waals surface area contributed by atoms with Gasteiger partial charge in [0.2, 0.25) is 0 Å². The summed E-state index contributed by atoms with van der Waals surface area (Å²) in [6.45, 7) is 1.14. The first-order chi connectivity index (χ1) is 7.88. The van der Waals surface area contributed by atoms with E-state index in [2.05, 4.69) is 28.5 Å². The van der Waals surface area contributed by atoms with Crippen LogP contribution in [0.2, 0.25) is 0 Å². The first-order valence-electron chi connectivity index (χ1n) is 5.19. The van der Waals surface area contributed by atoms with Crippen LogP contribution in [-0.4, -0.2) is 15.0 Å². The summed E-state index contributed by atoms with van der Waals surface area (Å²) < 4.78 is 1.77. The zero-order valence-corrected chi connectivity index (χ0v) is 8.95. The van der Waals surface area contributed by atoms with Crippen LogP contribution in [0.3, 0.4) is 0 Å². The average Bonchev–Trinajstić information content (AvgIpc) is 2.78. The van der Waals surface area contributed by atoms with Gasteiger partial charge in [-0.2, -0.15) is 0 Å². The van der Waals surface area contributed by atoms with Crippen molar-refractivity contribution in [3.05, 3.63) is 53.9 Å². The largest absolute Gasteiger partial charge is 0.325 e. The van der Waals surface area contributed by atoms with Gasteiger partial charge in [-0.1, -0.05) is 47.7 Å². The number of rotatable bonds is 4. The lowest BCUT2D eigenvalue weighted by molar-refractivity contribution is 0.662. The summed E-state index contributed by atoms with van der Waals surface area (Å²) in [6.07, 6.45) is 5.96. The molecule has 0 aliphatic carbocycles. The number of benzene rings is 1. The molecule has 0 saturated carbocycles. The van der Waals surface area contributed by atoms with Crippen LogP contribution in [0.1, 0.15) is 11.3 Å². The highest BCUT2D eigenvalue weighted by molar-refractivity contribution is 5.48. The Labute approximate surface area is 94.4 Å². The van der Waals surface area contributed by atoms with E-state index in [-0.39, 0.29) is 0 Å². The summed E-state index contributed by atoms with van der Waals surface area (Å²) in [5.74, 6) is 0. The molecule has 0 radical (unpaired) electrons. The molecule has 0 aliphatic rings. The molecule has 2 N–H and O–H groups in total. The van der Waals surface area contributed by atoms with Crippen molar-refractivity contribution in [2.75, 3.05) is 0 Å². The Bertz CT molecular complexity index is 459. The highest BCUT2D eigenvalue weighted by Crippen LogP contribution is 2.01. The van der Waals surface area contributed by atoms with Crippen LogP contribution in [0, 0.1) is 0 Å². The molecule has 0 saturated heterocycles. The lowest BCUT2D eigenvalue weighted by Crippen LogP contribution is -1.96. The molecule has 4 heteroatoms. The Morgan fingerprint density at radius 1 is 1.25 bits per heavy atom. The standard InChI is InChI=1S/C12H14N4/c13-9-12-10-16(15-14-12)8-4-7-11-5-2-1-3-6-11/h1-7,10H,8-9,13H2/b7-4+. The fraction of sp³-hybridized carbons (Fsp3) is 0.167. The fourth-order valence-electron chi connectivity index (χ4n) is 1.38. The number of nitrogens with zero attached hydrogens (tertiary/aromatic N) is 3. The first kappa shape index (κ1) is 10.6. The summed E-state index contributed by atoms with van der Waals surface area (Å²) >= 11 is 0. The van der Waals surface area contributed by atoms with Gasteiger partial charge in [-0.15, -0.1) is 5.10 Å². The van der Waals surface area contributed by atoms with Gasteiger partial charge < -0.3 is 5.73 Å². The Morgan fingerprint density at radius 3 is 2.75 bits per heavy atom. The highest BCUT2D eigenvalue weighted by atomic mass is 15.4. The van der Waals surface area contributed by atoms with Crippen molar-refractivity contribution >= 4 is 6.08 Å². The zero-order valence-electron chi connectivity index (χ0n) is 8.95. The van der Waals surface area contributed by atoms with Crippen molar-refractivity contribution in [2.45, 2.75) is 13.1 Å². The maximum absolute atomic E-state index is 5.45. The van der Waals surface area contributed by atoms with E-state index in [1.807, 2.05) is 30.5 Å². The number of hydrogen-bond donors (Lipinski definition) is 1. The van der Waals surface area contributed by atoms with Gasteiger partial charge in [-0.05, 0) is 5.56 Å². The molecule has 0 spiro atoms. The van der Waals surface area contributed by atoms with Crippen LogP contribution in [0.5, 0.6) is 0 Å². The van der Waals surface area contributed by atoms with Gasteiger partial charge in [0.25, 0.3) is 0 Å². The van der Waals surface area contributed by atoms with Crippen LogP contribution in [0.15, 0.2) is 42.6 Å². The smallest absolute Gasteiger partial charge is 0.0962 e. The third-order valence-electron chi connectivity index (χ3n) is 2.20. The lowest BCUT2D eigenvalue weighted by atomic mass is 10.2. The van der Waals surface area contributed by atoms with Crippen molar-refractivity contribution in [3.63, 3.8) is 0 Å². The molecule has 1 aromatic heterocycles. The molecule has 0 fully saturated rings. The minimum Gasteiger partial charge on any atom is -0.325 e. The van der Waals surface area contributed by atoms with Crippen LogP contribution < -0.4 is 5.73 Å². The predicted molar refractivity (Wildman–Crippen MR) is 63.4 cm³/mol. The van der Waals surface area contributed by atoms with Gasteiger partial charge in [0.1, 0.15) is 0 Å². The maximum Gasteiger partial charge on any atom is 0.0962 e. The molecule has 1 heterocycles. The van der Waals surface area contributed by atoms with Crippen LogP contribution >= 0.6 is 0 Å². The summed E-state index contributed by atoms with van der Waals surface area (Å²) in [5.41, 5.74) is 7.44. The Balaban J connectivity index is 1.94. The van der Waals surface area contributed by atoms with Crippen LogP contribution in [0.25, 0.3) is 6.08 Å².